The van der Waals surface area contributed by atoms with Gasteiger partial charge in [-0.3, -0.25) is 4.79 Å². The Balaban J connectivity index is 2.41. The standard InChI is InChI=1S/C10H17NO2/c1-4-10(12)11(5-8(2)3)6-9-7-13-9/h9H,2,4-7H2,1,3H3. The third-order valence-corrected chi connectivity index (χ3v) is 1.94. The van der Waals surface area contributed by atoms with Crippen molar-refractivity contribution >= 4 is 5.91 Å². The van der Waals surface area contributed by atoms with Gasteiger partial charge in [-0.2, -0.15) is 0 Å². The van der Waals surface area contributed by atoms with E-state index >= 15 is 0 Å². The molecule has 1 heterocycles. The van der Waals surface area contributed by atoms with Crippen LogP contribution in [0.15, 0.2) is 12.2 Å². The molecule has 1 aliphatic rings. The second-order valence-electron chi connectivity index (χ2n) is 3.54. The summed E-state index contributed by atoms with van der Waals surface area (Å²) in [5, 5.41) is 0. The molecule has 3 nitrogen and oxygen atoms in total. The van der Waals surface area contributed by atoms with Crippen molar-refractivity contribution in [2.24, 2.45) is 0 Å². The van der Waals surface area contributed by atoms with Crippen LogP contribution in [0.4, 0.5) is 0 Å². The van der Waals surface area contributed by atoms with E-state index in [0.29, 0.717) is 13.0 Å². The molecule has 0 radical (unpaired) electrons. The van der Waals surface area contributed by atoms with E-state index in [4.69, 9.17) is 4.74 Å². The first kappa shape index (κ1) is 10.3. The fraction of sp³-hybridized carbons (Fsp3) is 0.700. The largest absolute Gasteiger partial charge is 0.371 e. The van der Waals surface area contributed by atoms with Crippen molar-refractivity contribution in [1.29, 1.82) is 0 Å². The molecule has 0 spiro atoms. The van der Waals surface area contributed by atoms with Gasteiger partial charge in [-0.1, -0.05) is 19.1 Å². The molecule has 0 N–H and O–H groups in total. The molecule has 0 aromatic heterocycles. The lowest BCUT2D eigenvalue weighted by atomic mass is 10.2. The molecule has 1 atom stereocenters. The molecule has 1 saturated heterocycles. The zero-order valence-electron chi connectivity index (χ0n) is 8.38. The van der Waals surface area contributed by atoms with E-state index in [0.717, 1.165) is 18.7 Å². The second-order valence-corrected chi connectivity index (χ2v) is 3.54. The summed E-state index contributed by atoms with van der Waals surface area (Å²) in [5.41, 5.74) is 1.02. The fourth-order valence-corrected chi connectivity index (χ4v) is 1.22. The predicted octanol–water partition coefficient (Wildman–Crippen LogP) is 1.20. The minimum atomic E-state index is 0.179. The number of hydrogen-bond acceptors (Lipinski definition) is 2. The lowest BCUT2D eigenvalue weighted by Gasteiger charge is -2.21. The van der Waals surface area contributed by atoms with Crippen LogP contribution in [0.3, 0.4) is 0 Å². The second kappa shape index (κ2) is 4.42. The molecule has 3 heteroatoms. The minimum Gasteiger partial charge on any atom is -0.371 e. The molecular weight excluding hydrogens is 166 g/mol. The molecule has 0 aromatic rings. The zero-order chi connectivity index (χ0) is 9.84. The maximum atomic E-state index is 11.4. The van der Waals surface area contributed by atoms with E-state index < -0.39 is 0 Å². The Hall–Kier alpha value is -0.830. The van der Waals surface area contributed by atoms with E-state index in [-0.39, 0.29) is 12.0 Å². The number of carbonyl (C=O) groups is 1. The Morgan fingerprint density at radius 3 is 2.69 bits per heavy atom. The van der Waals surface area contributed by atoms with Crippen LogP contribution in [0.25, 0.3) is 0 Å². The third kappa shape index (κ3) is 3.59. The van der Waals surface area contributed by atoms with Crippen LogP contribution < -0.4 is 0 Å². The number of rotatable bonds is 5. The van der Waals surface area contributed by atoms with Gasteiger partial charge in [0.2, 0.25) is 5.91 Å². The van der Waals surface area contributed by atoms with Crippen LogP contribution in [0.2, 0.25) is 0 Å². The number of ether oxygens (including phenoxy) is 1. The van der Waals surface area contributed by atoms with Crippen molar-refractivity contribution in [3.05, 3.63) is 12.2 Å². The van der Waals surface area contributed by atoms with Gasteiger partial charge in [0.05, 0.1) is 12.7 Å². The van der Waals surface area contributed by atoms with E-state index in [2.05, 4.69) is 6.58 Å². The third-order valence-electron chi connectivity index (χ3n) is 1.94. The first-order chi connectivity index (χ1) is 6.13. The van der Waals surface area contributed by atoms with Gasteiger partial charge in [0.15, 0.2) is 0 Å². The number of epoxide rings is 1. The number of nitrogens with zero attached hydrogens (tertiary/aromatic N) is 1. The first-order valence-corrected chi connectivity index (χ1v) is 4.67. The highest BCUT2D eigenvalue weighted by Crippen LogP contribution is 2.12. The Morgan fingerprint density at radius 1 is 1.69 bits per heavy atom. The molecule has 1 aliphatic heterocycles. The van der Waals surface area contributed by atoms with Crippen molar-refractivity contribution in [2.75, 3.05) is 19.7 Å². The summed E-state index contributed by atoms with van der Waals surface area (Å²) in [6.45, 7) is 9.79. The lowest BCUT2D eigenvalue weighted by molar-refractivity contribution is -0.130. The zero-order valence-corrected chi connectivity index (χ0v) is 8.38. The maximum absolute atomic E-state index is 11.4. The summed E-state index contributed by atoms with van der Waals surface area (Å²) in [5.74, 6) is 0.179. The topological polar surface area (TPSA) is 32.8 Å². The number of carbonyl (C=O) groups excluding carboxylic acids is 1. The summed E-state index contributed by atoms with van der Waals surface area (Å²) >= 11 is 0. The molecule has 1 amide bonds. The summed E-state index contributed by atoms with van der Waals surface area (Å²) in [6, 6.07) is 0. The van der Waals surface area contributed by atoms with Crippen molar-refractivity contribution in [1.82, 2.24) is 4.90 Å². The molecule has 0 aromatic carbocycles. The van der Waals surface area contributed by atoms with Crippen LogP contribution >= 0.6 is 0 Å². The van der Waals surface area contributed by atoms with Crippen LogP contribution in [0.1, 0.15) is 20.3 Å². The molecule has 13 heavy (non-hydrogen) atoms. The summed E-state index contributed by atoms with van der Waals surface area (Å²) < 4.78 is 5.09. The highest BCUT2D eigenvalue weighted by atomic mass is 16.6. The smallest absolute Gasteiger partial charge is 0.222 e. The molecule has 74 valence electrons. The average molecular weight is 183 g/mol. The number of hydrogen-bond donors (Lipinski definition) is 0. The quantitative estimate of drug-likeness (QED) is 0.474. The average Bonchev–Trinajstić information content (AvgIpc) is 2.85. The highest BCUT2D eigenvalue weighted by molar-refractivity contribution is 5.76. The number of amides is 1. The van der Waals surface area contributed by atoms with Crippen molar-refractivity contribution in [3.8, 4) is 0 Å². The van der Waals surface area contributed by atoms with Gasteiger partial charge in [-0.05, 0) is 6.92 Å². The molecule has 0 bridgehead atoms. The Kier molecular flexibility index (Phi) is 3.48. The molecule has 0 saturated carbocycles. The van der Waals surface area contributed by atoms with Gasteiger partial charge >= 0.3 is 0 Å². The maximum Gasteiger partial charge on any atom is 0.222 e. The Labute approximate surface area is 79.4 Å². The first-order valence-electron chi connectivity index (χ1n) is 4.67. The minimum absolute atomic E-state index is 0.179. The Morgan fingerprint density at radius 2 is 2.31 bits per heavy atom. The monoisotopic (exact) mass is 183 g/mol. The molecule has 0 aliphatic carbocycles. The van der Waals surface area contributed by atoms with Crippen molar-refractivity contribution in [3.63, 3.8) is 0 Å². The van der Waals surface area contributed by atoms with E-state index in [1.807, 2.05) is 18.7 Å². The van der Waals surface area contributed by atoms with Crippen molar-refractivity contribution in [2.45, 2.75) is 26.4 Å². The van der Waals surface area contributed by atoms with E-state index in [1.54, 1.807) is 0 Å². The summed E-state index contributed by atoms with van der Waals surface area (Å²) in [6.07, 6.45) is 0.829. The van der Waals surface area contributed by atoms with Crippen LogP contribution in [0, 0.1) is 0 Å². The van der Waals surface area contributed by atoms with Gasteiger partial charge in [-0.15, -0.1) is 0 Å². The van der Waals surface area contributed by atoms with E-state index in [9.17, 15) is 4.79 Å². The van der Waals surface area contributed by atoms with E-state index in [1.165, 1.54) is 0 Å². The summed E-state index contributed by atoms with van der Waals surface area (Å²) in [7, 11) is 0. The fourth-order valence-electron chi connectivity index (χ4n) is 1.22. The van der Waals surface area contributed by atoms with Crippen molar-refractivity contribution < 1.29 is 9.53 Å². The normalized spacial score (nSPS) is 19.7. The summed E-state index contributed by atoms with van der Waals surface area (Å²) in [4.78, 5) is 13.3. The van der Waals surface area contributed by atoms with Gasteiger partial charge in [0, 0.05) is 19.5 Å². The highest BCUT2D eigenvalue weighted by Gasteiger charge is 2.27. The van der Waals surface area contributed by atoms with Gasteiger partial charge in [-0.25, -0.2) is 0 Å². The Bertz CT molecular complexity index is 209. The molecule has 1 fully saturated rings. The molecule has 1 rings (SSSR count). The lowest BCUT2D eigenvalue weighted by Crippen LogP contribution is -2.34. The van der Waals surface area contributed by atoms with Crippen LogP contribution in [0.5, 0.6) is 0 Å². The molecular formula is C10H17NO2. The van der Waals surface area contributed by atoms with Gasteiger partial charge in [0.1, 0.15) is 0 Å². The van der Waals surface area contributed by atoms with Crippen LogP contribution in [-0.2, 0) is 9.53 Å². The SMILES string of the molecule is C=C(C)CN(CC1CO1)C(=O)CC. The molecule has 1 unspecified atom stereocenters. The predicted molar refractivity (Wildman–Crippen MR) is 51.4 cm³/mol. The van der Waals surface area contributed by atoms with Gasteiger partial charge < -0.3 is 9.64 Å². The van der Waals surface area contributed by atoms with Gasteiger partial charge in [0.25, 0.3) is 0 Å². The van der Waals surface area contributed by atoms with Crippen LogP contribution in [-0.4, -0.2) is 36.6 Å².